The largest absolute Gasteiger partial charge is 0.378 e. The SMILES string of the molecule is O=C(C[C@H]1COCCN1Cc1cn2ccccc2n1)c1cccs1. The minimum Gasteiger partial charge on any atom is -0.378 e. The van der Waals surface area contributed by atoms with Crippen LogP contribution in [-0.2, 0) is 11.3 Å². The molecule has 0 radical (unpaired) electrons. The molecule has 1 atom stereocenters. The minimum absolute atomic E-state index is 0.109. The molecule has 0 spiro atoms. The molecule has 0 amide bonds. The standard InChI is InChI=1S/C18H19N3O2S/c22-16(17-4-3-9-24-17)10-15-13-23-8-7-20(15)11-14-12-21-6-2-1-5-18(21)19-14/h1-6,9,12,15H,7-8,10-11,13H2/t15-/m0/s1. The summed E-state index contributed by atoms with van der Waals surface area (Å²) in [7, 11) is 0. The minimum atomic E-state index is 0.109. The van der Waals surface area contributed by atoms with Gasteiger partial charge in [-0.1, -0.05) is 12.1 Å². The highest BCUT2D eigenvalue weighted by atomic mass is 32.1. The van der Waals surface area contributed by atoms with E-state index in [-0.39, 0.29) is 11.8 Å². The van der Waals surface area contributed by atoms with Gasteiger partial charge in [-0.3, -0.25) is 9.69 Å². The summed E-state index contributed by atoms with van der Waals surface area (Å²) in [5, 5.41) is 1.94. The van der Waals surface area contributed by atoms with Gasteiger partial charge in [0, 0.05) is 37.9 Å². The van der Waals surface area contributed by atoms with E-state index in [0.29, 0.717) is 19.6 Å². The molecule has 24 heavy (non-hydrogen) atoms. The number of carbonyl (C=O) groups excluding carboxylic acids is 1. The molecular weight excluding hydrogens is 322 g/mol. The number of hydrogen-bond acceptors (Lipinski definition) is 5. The van der Waals surface area contributed by atoms with Gasteiger partial charge in [0.15, 0.2) is 5.78 Å². The fraction of sp³-hybridized carbons (Fsp3) is 0.333. The van der Waals surface area contributed by atoms with Crippen LogP contribution in [0.15, 0.2) is 48.1 Å². The van der Waals surface area contributed by atoms with Crippen molar-refractivity contribution in [3.05, 3.63) is 58.7 Å². The normalized spacial score (nSPS) is 18.9. The number of aromatic nitrogens is 2. The molecule has 1 aliphatic rings. The number of Topliss-reactive ketones (excluding diaryl/α,β-unsaturated/α-hetero) is 1. The van der Waals surface area contributed by atoms with E-state index < -0.39 is 0 Å². The molecule has 1 aliphatic heterocycles. The average Bonchev–Trinajstić information content (AvgIpc) is 3.25. The molecule has 3 aromatic rings. The van der Waals surface area contributed by atoms with Crippen LogP contribution in [0, 0.1) is 0 Å². The molecule has 6 heteroatoms. The van der Waals surface area contributed by atoms with Crippen molar-refractivity contribution < 1.29 is 9.53 Å². The van der Waals surface area contributed by atoms with Crippen LogP contribution >= 0.6 is 11.3 Å². The van der Waals surface area contributed by atoms with Gasteiger partial charge in [-0.25, -0.2) is 4.98 Å². The van der Waals surface area contributed by atoms with Crippen LogP contribution in [0.2, 0.25) is 0 Å². The van der Waals surface area contributed by atoms with Gasteiger partial charge in [-0.05, 0) is 23.6 Å². The smallest absolute Gasteiger partial charge is 0.174 e. The van der Waals surface area contributed by atoms with Crippen LogP contribution in [0.1, 0.15) is 21.8 Å². The lowest BCUT2D eigenvalue weighted by Gasteiger charge is -2.34. The van der Waals surface area contributed by atoms with E-state index in [1.807, 2.05) is 46.3 Å². The maximum Gasteiger partial charge on any atom is 0.174 e. The second-order valence-corrected chi connectivity index (χ2v) is 6.95. The Balaban J connectivity index is 1.48. The summed E-state index contributed by atoms with van der Waals surface area (Å²) in [4.78, 5) is 20.2. The van der Waals surface area contributed by atoms with Gasteiger partial charge < -0.3 is 9.14 Å². The fourth-order valence-corrected chi connectivity index (χ4v) is 3.78. The van der Waals surface area contributed by atoms with Gasteiger partial charge >= 0.3 is 0 Å². The summed E-state index contributed by atoms with van der Waals surface area (Å²) >= 11 is 1.50. The molecular formula is C18H19N3O2S. The van der Waals surface area contributed by atoms with Gasteiger partial charge in [0.2, 0.25) is 0 Å². The van der Waals surface area contributed by atoms with Crippen LogP contribution < -0.4 is 0 Å². The number of rotatable bonds is 5. The summed E-state index contributed by atoms with van der Waals surface area (Å²) in [6.07, 6.45) is 4.56. The number of nitrogens with zero attached hydrogens (tertiary/aromatic N) is 3. The Morgan fingerprint density at radius 3 is 3.12 bits per heavy atom. The van der Waals surface area contributed by atoms with Crippen molar-refractivity contribution in [2.75, 3.05) is 19.8 Å². The third-order valence-electron chi connectivity index (χ3n) is 4.35. The van der Waals surface area contributed by atoms with Crippen molar-refractivity contribution in [2.45, 2.75) is 19.0 Å². The van der Waals surface area contributed by atoms with E-state index in [9.17, 15) is 4.79 Å². The van der Waals surface area contributed by atoms with E-state index in [1.54, 1.807) is 0 Å². The second-order valence-electron chi connectivity index (χ2n) is 6.00. The van der Waals surface area contributed by atoms with Crippen LogP contribution in [0.25, 0.3) is 5.65 Å². The summed E-state index contributed by atoms with van der Waals surface area (Å²) in [5.41, 5.74) is 1.98. The highest BCUT2D eigenvalue weighted by Crippen LogP contribution is 2.19. The van der Waals surface area contributed by atoms with Crippen molar-refractivity contribution in [3.63, 3.8) is 0 Å². The third kappa shape index (κ3) is 3.26. The van der Waals surface area contributed by atoms with Gasteiger partial charge in [-0.2, -0.15) is 0 Å². The van der Waals surface area contributed by atoms with Gasteiger partial charge in [0.05, 0.1) is 23.8 Å². The van der Waals surface area contributed by atoms with Crippen molar-refractivity contribution in [1.29, 1.82) is 0 Å². The number of fused-ring (bicyclic) bond motifs is 1. The Bertz CT molecular complexity index is 795. The number of ether oxygens (including phenoxy) is 1. The molecule has 0 aliphatic carbocycles. The Hall–Kier alpha value is -2.02. The number of hydrogen-bond donors (Lipinski definition) is 0. The van der Waals surface area contributed by atoms with Crippen LogP contribution in [0.4, 0.5) is 0 Å². The molecule has 124 valence electrons. The van der Waals surface area contributed by atoms with Crippen molar-refractivity contribution in [2.24, 2.45) is 0 Å². The highest BCUT2D eigenvalue weighted by Gasteiger charge is 2.26. The van der Waals surface area contributed by atoms with Gasteiger partial charge in [0.1, 0.15) is 5.65 Å². The Kier molecular flexibility index (Phi) is 4.42. The predicted molar refractivity (Wildman–Crippen MR) is 93.5 cm³/mol. The van der Waals surface area contributed by atoms with Crippen molar-refractivity contribution >= 4 is 22.8 Å². The van der Waals surface area contributed by atoms with Gasteiger partial charge in [0.25, 0.3) is 0 Å². The monoisotopic (exact) mass is 341 g/mol. The predicted octanol–water partition coefficient (Wildman–Crippen LogP) is 2.87. The number of pyridine rings is 1. The third-order valence-corrected chi connectivity index (χ3v) is 5.26. The second kappa shape index (κ2) is 6.84. The van der Waals surface area contributed by atoms with Crippen LogP contribution in [0.3, 0.4) is 0 Å². The number of ketones is 1. The lowest BCUT2D eigenvalue weighted by molar-refractivity contribution is -0.0130. The molecule has 0 N–H and O–H groups in total. The quantitative estimate of drug-likeness (QED) is 0.670. The van der Waals surface area contributed by atoms with Crippen LogP contribution in [0.5, 0.6) is 0 Å². The number of thiophene rings is 1. The molecule has 0 saturated carbocycles. The number of morpholine rings is 1. The molecule has 0 bridgehead atoms. The lowest BCUT2D eigenvalue weighted by Crippen LogP contribution is -2.45. The van der Waals surface area contributed by atoms with E-state index in [2.05, 4.69) is 16.1 Å². The Morgan fingerprint density at radius 1 is 1.33 bits per heavy atom. The van der Waals surface area contributed by atoms with Gasteiger partial charge in [-0.15, -0.1) is 11.3 Å². The molecule has 0 aromatic carbocycles. The molecule has 4 rings (SSSR count). The van der Waals surface area contributed by atoms with E-state index in [1.165, 1.54) is 11.3 Å². The molecule has 1 fully saturated rings. The molecule has 4 heterocycles. The van der Waals surface area contributed by atoms with Crippen molar-refractivity contribution in [3.8, 4) is 0 Å². The summed E-state index contributed by atoms with van der Waals surface area (Å²) < 4.78 is 7.64. The first-order valence-electron chi connectivity index (χ1n) is 8.11. The van der Waals surface area contributed by atoms with E-state index in [0.717, 1.165) is 29.3 Å². The summed E-state index contributed by atoms with van der Waals surface area (Å²) in [5.74, 6) is 0.195. The topological polar surface area (TPSA) is 46.8 Å². The Morgan fingerprint density at radius 2 is 2.29 bits per heavy atom. The number of carbonyl (C=O) groups is 1. The first-order chi connectivity index (χ1) is 11.8. The zero-order valence-electron chi connectivity index (χ0n) is 13.3. The first kappa shape index (κ1) is 15.5. The molecule has 1 saturated heterocycles. The zero-order chi connectivity index (χ0) is 16.4. The van der Waals surface area contributed by atoms with Crippen LogP contribution in [-0.4, -0.2) is 45.9 Å². The van der Waals surface area contributed by atoms with E-state index in [4.69, 9.17) is 4.74 Å². The Labute approximate surface area is 144 Å². The zero-order valence-corrected chi connectivity index (χ0v) is 14.1. The fourth-order valence-electron chi connectivity index (χ4n) is 3.11. The molecule has 3 aromatic heterocycles. The maximum atomic E-state index is 12.4. The van der Waals surface area contributed by atoms with E-state index >= 15 is 0 Å². The maximum absolute atomic E-state index is 12.4. The molecule has 5 nitrogen and oxygen atoms in total. The lowest BCUT2D eigenvalue weighted by atomic mass is 10.1. The summed E-state index contributed by atoms with van der Waals surface area (Å²) in [6, 6.07) is 9.91. The molecule has 0 unspecified atom stereocenters. The first-order valence-corrected chi connectivity index (χ1v) is 8.99. The highest BCUT2D eigenvalue weighted by molar-refractivity contribution is 7.12. The summed E-state index contributed by atoms with van der Waals surface area (Å²) in [6.45, 7) is 2.88. The van der Waals surface area contributed by atoms with Crippen molar-refractivity contribution in [1.82, 2.24) is 14.3 Å². The number of imidazole rings is 1. The average molecular weight is 341 g/mol.